The lowest BCUT2D eigenvalue weighted by Crippen LogP contribution is -2.53. The fourth-order valence-electron chi connectivity index (χ4n) is 7.61. The first-order chi connectivity index (χ1) is 12.0. The van der Waals surface area contributed by atoms with Crippen LogP contribution in [0.1, 0.15) is 58.8 Å². The van der Waals surface area contributed by atoms with Crippen LogP contribution in [-0.4, -0.2) is 11.6 Å². The summed E-state index contributed by atoms with van der Waals surface area (Å²) >= 11 is 0. The molecule has 0 spiro atoms. The normalized spacial score (nSPS) is 49.4. The first-order valence-corrected chi connectivity index (χ1v) is 10.1. The Hall–Kier alpha value is -1.44. The van der Waals surface area contributed by atoms with Gasteiger partial charge in [-0.2, -0.15) is 0 Å². The third kappa shape index (κ3) is 1.63. The predicted octanol–water partition coefficient (Wildman–Crippen LogP) is 4.81. The summed E-state index contributed by atoms with van der Waals surface area (Å²) in [5, 5.41) is 0. The Morgan fingerprint density at radius 2 is 2.04 bits per heavy atom. The maximum Gasteiger partial charge on any atom is 0.155 e. The largest absolute Gasteiger partial charge is 0.299 e. The molecule has 0 radical (unpaired) electrons. The van der Waals surface area contributed by atoms with Crippen molar-refractivity contribution in [3.8, 4) is 0 Å². The number of carbonyl (C=O) groups excluding carboxylic acids is 2. The van der Waals surface area contributed by atoms with Crippen molar-refractivity contribution in [2.75, 3.05) is 0 Å². The van der Waals surface area contributed by atoms with Gasteiger partial charge in [0.2, 0.25) is 0 Å². The molecular formula is C23H28O2. The van der Waals surface area contributed by atoms with Gasteiger partial charge in [0.25, 0.3) is 0 Å². The van der Waals surface area contributed by atoms with E-state index >= 15 is 0 Å². The van der Waals surface area contributed by atoms with E-state index in [-0.39, 0.29) is 16.2 Å². The van der Waals surface area contributed by atoms with Crippen molar-refractivity contribution in [3.05, 3.63) is 36.0 Å². The molecule has 2 nitrogen and oxygen atoms in total. The Kier molecular flexibility index (Phi) is 3.05. The van der Waals surface area contributed by atoms with Gasteiger partial charge in [0, 0.05) is 18.3 Å². The van der Waals surface area contributed by atoms with Gasteiger partial charge in [0.1, 0.15) is 5.78 Å². The number of allylic oxidation sites excluding steroid dienone is 6. The summed E-state index contributed by atoms with van der Waals surface area (Å²) in [5.74, 6) is 2.48. The lowest BCUT2D eigenvalue weighted by atomic mass is 9.46. The summed E-state index contributed by atoms with van der Waals surface area (Å²) in [5.41, 5.74) is 1.31. The van der Waals surface area contributed by atoms with Gasteiger partial charge in [0.05, 0.1) is 5.41 Å². The molecule has 0 saturated heterocycles. The van der Waals surface area contributed by atoms with E-state index in [0.29, 0.717) is 42.2 Å². The fraction of sp³-hybridized carbons (Fsp3) is 0.652. The van der Waals surface area contributed by atoms with Gasteiger partial charge in [-0.15, -0.1) is 0 Å². The topological polar surface area (TPSA) is 34.1 Å². The molecule has 0 aromatic carbocycles. The van der Waals surface area contributed by atoms with Crippen LogP contribution < -0.4 is 0 Å². The maximum atomic E-state index is 13.0. The van der Waals surface area contributed by atoms with Crippen LogP contribution in [-0.2, 0) is 9.59 Å². The highest BCUT2D eigenvalue weighted by molar-refractivity contribution is 5.92. The van der Waals surface area contributed by atoms with Crippen molar-refractivity contribution in [2.45, 2.75) is 58.8 Å². The van der Waals surface area contributed by atoms with E-state index < -0.39 is 0 Å². The van der Waals surface area contributed by atoms with Crippen molar-refractivity contribution >= 4 is 11.6 Å². The minimum absolute atomic E-state index is 0.0876. The van der Waals surface area contributed by atoms with E-state index in [9.17, 15) is 9.59 Å². The van der Waals surface area contributed by atoms with E-state index in [1.165, 1.54) is 12.0 Å². The molecule has 132 valence electrons. The second kappa shape index (κ2) is 4.84. The summed E-state index contributed by atoms with van der Waals surface area (Å²) in [6.45, 7) is 4.43. The molecule has 1 unspecified atom stereocenters. The zero-order valence-corrected chi connectivity index (χ0v) is 15.4. The molecule has 0 aromatic rings. The number of carbonyl (C=O) groups is 2. The van der Waals surface area contributed by atoms with Crippen LogP contribution in [0.2, 0.25) is 0 Å². The molecule has 6 atom stereocenters. The lowest BCUT2D eigenvalue weighted by Gasteiger charge is -2.57. The summed E-state index contributed by atoms with van der Waals surface area (Å²) in [7, 11) is 0. The second-order valence-corrected chi connectivity index (χ2v) is 9.30. The molecule has 2 fully saturated rings. The highest BCUT2D eigenvalue weighted by Crippen LogP contribution is 2.77. The van der Waals surface area contributed by atoms with E-state index in [1.807, 2.05) is 13.0 Å². The van der Waals surface area contributed by atoms with E-state index in [1.54, 1.807) is 0 Å². The molecule has 0 aliphatic heterocycles. The molecular weight excluding hydrogens is 308 g/mol. The lowest BCUT2D eigenvalue weighted by molar-refractivity contribution is -0.136. The van der Waals surface area contributed by atoms with Gasteiger partial charge in [0.15, 0.2) is 5.78 Å². The molecule has 0 N–H and O–H groups in total. The van der Waals surface area contributed by atoms with Crippen molar-refractivity contribution in [1.82, 2.24) is 0 Å². The summed E-state index contributed by atoms with van der Waals surface area (Å²) in [4.78, 5) is 24.8. The average Bonchev–Trinajstić information content (AvgIpc) is 3.05. The highest BCUT2D eigenvalue weighted by atomic mass is 16.1. The van der Waals surface area contributed by atoms with E-state index in [2.05, 4.69) is 31.2 Å². The number of fused-ring (bicyclic) bond motifs is 3. The molecule has 5 rings (SSSR count). The van der Waals surface area contributed by atoms with Crippen LogP contribution >= 0.6 is 0 Å². The van der Waals surface area contributed by atoms with E-state index in [4.69, 9.17) is 0 Å². The van der Waals surface area contributed by atoms with Gasteiger partial charge in [-0.3, -0.25) is 9.59 Å². The van der Waals surface area contributed by atoms with Crippen LogP contribution in [0.25, 0.3) is 0 Å². The van der Waals surface area contributed by atoms with Gasteiger partial charge >= 0.3 is 0 Å². The molecule has 0 heterocycles. The van der Waals surface area contributed by atoms with Crippen LogP contribution in [0.3, 0.4) is 0 Å². The highest BCUT2D eigenvalue weighted by Gasteiger charge is 2.72. The Balaban J connectivity index is 1.60. The van der Waals surface area contributed by atoms with Crippen molar-refractivity contribution in [3.63, 3.8) is 0 Å². The zero-order chi connectivity index (χ0) is 17.4. The quantitative estimate of drug-likeness (QED) is 0.678. The smallest absolute Gasteiger partial charge is 0.155 e. The van der Waals surface area contributed by atoms with Crippen molar-refractivity contribution in [2.24, 2.45) is 34.0 Å². The standard InChI is InChI=1S/C23H28O2/c1-3-20(25)23-12-10-22(11-13-23)19-7-4-15-14-16(24)5-6-17(15)18(19)8-9-21(22,23)2/h4,7,10,12,14,17-19H,3,5-6,8-9,11,13H2,1-2H3/t17-,18+,19+,21-,22?,23-/m0/s1. The third-order valence-corrected chi connectivity index (χ3v) is 8.93. The number of hydrogen-bond acceptors (Lipinski definition) is 2. The fourth-order valence-corrected chi connectivity index (χ4v) is 7.61. The van der Waals surface area contributed by atoms with Crippen LogP contribution in [0, 0.1) is 34.0 Å². The van der Waals surface area contributed by atoms with Gasteiger partial charge in [-0.25, -0.2) is 0 Å². The van der Waals surface area contributed by atoms with Crippen LogP contribution in [0.4, 0.5) is 0 Å². The summed E-state index contributed by atoms with van der Waals surface area (Å²) in [6, 6.07) is 0. The molecule has 2 saturated carbocycles. The monoisotopic (exact) mass is 336 g/mol. The number of hydrogen-bond donors (Lipinski definition) is 0. The molecule has 2 bridgehead atoms. The molecule has 0 aromatic heterocycles. The van der Waals surface area contributed by atoms with Gasteiger partial charge in [-0.1, -0.05) is 38.2 Å². The molecule has 25 heavy (non-hydrogen) atoms. The second-order valence-electron chi connectivity index (χ2n) is 9.30. The number of Topliss-reactive ketones (excluding diaryl/α,β-unsaturated/α-hetero) is 1. The Morgan fingerprint density at radius 3 is 2.76 bits per heavy atom. The molecule has 2 heteroatoms. The van der Waals surface area contributed by atoms with Crippen molar-refractivity contribution in [1.29, 1.82) is 0 Å². The molecule has 5 aliphatic rings. The summed E-state index contributed by atoms with van der Waals surface area (Å²) in [6.07, 6.45) is 18.2. The maximum absolute atomic E-state index is 13.0. The number of ketones is 2. The molecule has 0 amide bonds. The minimum Gasteiger partial charge on any atom is -0.299 e. The van der Waals surface area contributed by atoms with Gasteiger partial charge < -0.3 is 0 Å². The Morgan fingerprint density at radius 1 is 1.20 bits per heavy atom. The number of rotatable bonds is 2. The minimum atomic E-state index is -0.209. The SMILES string of the molecule is CCC(=O)[C@]12C=CC3(CC1)[C@@H]1C=CC4=CC(=O)CC[C@@H]4[C@H]1CC[C@@]32C. The third-order valence-electron chi connectivity index (χ3n) is 8.93. The van der Waals surface area contributed by atoms with Crippen LogP contribution in [0.5, 0.6) is 0 Å². The zero-order valence-electron chi connectivity index (χ0n) is 15.4. The predicted molar refractivity (Wildman–Crippen MR) is 97.8 cm³/mol. The van der Waals surface area contributed by atoms with E-state index in [0.717, 1.165) is 25.7 Å². The Bertz CT molecular complexity index is 756. The van der Waals surface area contributed by atoms with Gasteiger partial charge in [-0.05, 0) is 66.9 Å². The average molecular weight is 336 g/mol. The van der Waals surface area contributed by atoms with Crippen molar-refractivity contribution < 1.29 is 9.59 Å². The van der Waals surface area contributed by atoms with Crippen LogP contribution in [0.15, 0.2) is 36.0 Å². The Labute approximate surface area is 150 Å². The summed E-state index contributed by atoms with van der Waals surface area (Å²) < 4.78 is 0. The first-order valence-electron chi connectivity index (χ1n) is 10.1. The molecule has 5 aliphatic carbocycles. The first kappa shape index (κ1) is 15.8.